The molecule has 1 atom stereocenters. The maximum Gasteiger partial charge on any atom is 0.144 e. The molecule has 0 fully saturated rings. The zero-order valence-electron chi connectivity index (χ0n) is 11.2. The van der Waals surface area contributed by atoms with Crippen molar-refractivity contribution in [2.75, 3.05) is 18.7 Å². The van der Waals surface area contributed by atoms with Crippen molar-refractivity contribution in [2.45, 2.75) is 19.4 Å². The highest BCUT2D eigenvalue weighted by Crippen LogP contribution is 2.36. The van der Waals surface area contributed by atoms with Crippen LogP contribution in [0, 0.1) is 0 Å². The largest absolute Gasteiger partial charge is 0.495 e. The number of hydrogen-bond acceptors (Lipinski definition) is 6. The van der Waals surface area contributed by atoms with Gasteiger partial charge in [-0.15, -0.1) is 5.12 Å². The molecule has 5 N–H and O–H groups in total. The normalized spacial score (nSPS) is 20.2. The molecule has 6 heteroatoms. The van der Waals surface area contributed by atoms with Crippen molar-refractivity contribution in [1.29, 1.82) is 0 Å². The van der Waals surface area contributed by atoms with Gasteiger partial charge >= 0.3 is 0 Å². The minimum Gasteiger partial charge on any atom is -0.495 e. The molecule has 1 aromatic carbocycles. The van der Waals surface area contributed by atoms with Gasteiger partial charge in [-0.25, -0.2) is 5.84 Å². The van der Waals surface area contributed by atoms with Crippen LogP contribution in [-0.2, 0) is 0 Å². The van der Waals surface area contributed by atoms with Gasteiger partial charge in [0.2, 0.25) is 0 Å². The molecule has 0 saturated carbocycles. The molecule has 19 heavy (non-hydrogen) atoms. The van der Waals surface area contributed by atoms with Gasteiger partial charge in [0.05, 0.1) is 24.5 Å². The summed E-state index contributed by atoms with van der Waals surface area (Å²) >= 11 is 0. The first kappa shape index (κ1) is 13.7. The predicted octanol–water partition coefficient (Wildman–Crippen LogP) is 0.547. The zero-order valence-corrected chi connectivity index (χ0v) is 11.2. The Balaban J connectivity index is 2.47. The highest BCUT2D eigenvalue weighted by molar-refractivity contribution is 5.63. The van der Waals surface area contributed by atoms with Gasteiger partial charge in [-0.05, 0) is 19.1 Å². The maximum absolute atomic E-state index is 9.20. The van der Waals surface area contributed by atoms with Gasteiger partial charge in [0.15, 0.2) is 0 Å². The van der Waals surface area contributed by atoms with E-state index in [1.54, 1.807) is 17.2 Å². The Morgan fingerprint density at radius 3 is 2.68 bits per heavy atom. The molecule has 0 amide bonds. The first-order valence-corrected chi connectivity index (χ1v) is 6.18. The Morgan fingerprint density at radius 1 is 1.37 bits per heavy atom. The molecular weight excluding hydrogens is 244 g/mol. The number of nitrogens with zero attached hydrogens (tertiary/aromatic N) is 2. The van der Waals surface area contributed by atoms with Crippen LogP contribution in [0.25, 0.3) is 0 Å². The van der Waals surface area contributed by atoms with Crippen molar-refractivity contribution < 1.29 is 9.84 Å². The van der Waals surface area contributed by atoms with E-state index in [4.69, 9.17) is 16.3 Å². The lowest BCUT2D eigenvalue weighted by Crippen LogP contribution is -2.47. The van der Waals surface area contributed by atoms with Gasteiger partial charge in [0.25, 0.3) is 0 Å². The van der Waals surface area contributed by atoms with E-state index in [0.29, 0.717) is 17.9 Å². The zero-order chi connectivity index (χ0) is 14.0. The number of anilines is 1. The predicted molar refractivity (Wildman–Crippen MR) is 73.9 cm³/mol. The molecule has 104 valence electrons. The van der Waals surface area contributed by atoms with E-state index < -0.39 is 0 Å². The molecule has 0 radical (unpaired) electrons. The van der Waals surface area contributed by atoms with E-state index >= 15 is 0 Å². The number of aliphatic hydroxyl groups is 1. The molecule has 0 saturated heterocycles. The van der Waals surface area contributed by atoms with E-state index in [9.17, 15) is 5.11 Å². The van der Waals surface area contributed by atoms with Crippen LogP contribution in [0.4, 0.5) is 5.69 Å². The lowest BCUT2D eigenvalue weighted by molar-refractivity contribution is 0.249. The summed E-state index contributed by atoms with van der Waals surface area (Å²) in [5, 5.41) is 12.6. The molecule has 1 aliphatic rings. The van der Waals surface area contributed by atoms with E-state index in [-0.39, 0.29) is 12.6 Å². The fourth-order valence-electron chi connectivity index (χ4n) is 2.25. The number of rotatable bonds is 4. The molecule has 1 aromatic rings. The Morgan fingerprint density at radius 2 is 2.05 bits per heavy atom. The van der Waals surface area contributed by atoms with Crippen LogP contribution in [0.5, 0.6) is 5.75 Å². The minimum absolute atomic E-state index is 0.0161. The third kappa shape index (κ3) is 2.25. The third-order valence-electron chi connectivity index (χ3n) is 3.33. The van der Waals surface area contributed by atoms with Crippen molar-refractivity contribution in [3.05, 3.63) is 35.7 Å². The van der Waals surface area contributed by atoms with Crippen molar-refractivity contribution in [2.24, 2.45) is 11.6 Å². The van der Waals surface area contributed by atoms with Gasteiger partial charge < -0.3 is 15.6 Å². The molecule has 1 aliphatic heterocycles. The number of methoxy groups -OCH3 is 1. The fourth-order valence-corrected chi connectivity index (χ4v) is 2.25. The number of aliphatic hydroxyl groups excluding tert-OH is 1. The number of benzene rings is 1. The fraction of sp³-hybridized carbons (Fsp3) is 0.385. The molecular formula is C13H20N4O2. The summed E-state index contributed by atoms with van der Waals surface area (Å²) < 4.78 is 5.35. The average Bonchev–Trinajstić information content (AvgIpc) is 2.64. The number of para-hydroxylation sites is 2. The molecule has 2 rings (SSSR count). The van der Waals surface area contributed by atoms with Crippen LogP contribution in [0.1, 0.15) is 13.3 Å². The Labute approximate surface area is 112 Å². The van der Waals surface area contributed by atoms with Crippen LogP contribution in [-0.4, -0.2) is 30.0 Å². The highest BCUT2D eigenvalue weighted by Gasteiger charge is 2.34. The summed E-state index contributed by atoms with van der Waals surface area (Å²) in [6, 6.07) is 7.44. The smallest absolute Gasteiger partial charge is 0.144 e. The summed E-state index contributed by atoms with van der Waals surface area (Å²) in [5.74, 6) is 6.79. The quantitative estimate of drug-likeness (QED) is 0.688. The molecule has 6 nitrogen and oxygen atoms in total. The summed E-state index contributed by atoms with van der Waals surface area (Å²) in [5.41, 5.74) is 8.37. The molecule has 0 aliphatic carbocycles. The highest BCUT2D eigenvalue weighted by atomic mass is 16.5. The van der Waals surface area contributed by atoms with Crippen molar-refractivity contribution >= 4 is 5.69 Å². The molecule has 0 bridgehead atoms. The SMILES string of the molecule is COc1ccccc1N1C(CCO)=C(N)C(C)N1N. The average molecular weight is 264 g/mol. The van der Waals surface area contributed by atoms with E-state index in [1.807, 2.05) is 31.2 Å². The minimum atomic E-state index is -0.119. The Kier molecular flexibility index (Phi) is 3.94. The summed E-state index contributed by atoms with van der Waals surface area (Å²) in [4.78, 5) is 0. The van der Waals surface area contributed by atoms with Crippen LogP contribution >= 0.6 is 0 Å². The number of hydrogen-bond donors (Lipinski definition) is 3. The monoisotopic (exact) mass is 264 g/mol. The summed E-state index contributed by atoms with van der Waals surface area (Å²) in [6.07, 6.45) is 0.446. The van der Waals surface area contributed by atoms with Gasteiger partial charge in [-0.2, -0.15) is 0 Å². The lowest BCUT2D eigenvalue weighted by atomic mass is 10.2. The van der Waals surface area contributed by atoms with Crippen LogP contribution in [0.3, 0.4) is 0 Å². The number of hydrazine groups is 2. The van der Waals surface area contributed by atoms with E-state index in [2.05, 4.69) is 0 Å². The standard InChI is InChI=1S/C13H20N4O2/c1-9-13(14)11(7-8-18)16(17(9)15)10-5-3-4-6-12(10)19-2/h3-6,9,18H,7-8,14-15H2,1-2H3. The second kappa shape index (κ2) is 5.48. The molecule has 1 heterocycles. The van der Waals surface area contributed by atoms with Crippen LogP contribution < -0.4 is 21.3 Å². The van der Waals surface area contributed by atoms with Gasteiger partial charge in [-0.1, -0.05) is 12.1 Å². The molecule has 0 spiro atoms. The van der Waals surface area contributed by atoms with Crippen molar-refractivity contribution in [3.63, 3.8) is 0 Å². The topological polar surface area (TPSA) is 88.0 Å². The first-order chi connectivity index (χ1) is 9.11. The molecule has 0 aromatic heterocycles. The van der Waals surface area contributed by atoms with Gasteiger partial charge in [0.1, 0.15) is 11.4 Å². The van der Waals surface area contributed by atoms with Crippen molar-refractivity contribution in [3.8, 4) is 5.75 Å². The van der Waals surface area contributed by atoms with E-state index in [0.717, 1.165) is 11.4 Å². The second-order valence-corrected chi connectivity index (χ2v) is 4.42. The third-order valence-corrected chi connectivity index (χ3v) is 3.33. The van der Waals surface area contributed by atoms with Crippen LogP contribution in [0.15, 0.2) is 35.7 Å². The van der Waals surface area contributed by atoms with Crippen molar-refractivity contribution in [1.82, 2.24) is 5.12 Å². The Bertz CT molecular complexity index is 489. The maximum atomic E-state index is 9.20. The second-order valence-electron chi connectivity index (χ2n) is 4.42. The van der Waals surface area contributed by atoms with E-state index in [1.165, 1.54) is 0 Å². The van der Waals surface area contributed by atoms with Gasteiger partial charge in [0, 0.05) is 13.0 Å². The number of ether oxygens (including phenoxy) is 1. The lowest BCUT2D eigenvalue weighted by Gasteiger charge is -2.31. The first-order valence-electron chi connectivity index (χ1n) is 6.18. The van der Waals surface area contributed by atoms with Crippen LogP contribution in [0.2, 0.25) is 0 Å². The molecule has 1 unspecified atom stereocenters. The summed E-state index contributed by atoms with van der Waals surface area (Å²) in [6.45, 7) is 1.93. The number of nitrogens with two attached hydrogens (primary N) is 2. The summed E-state index contributed by atoms with van der Waals surface area (Å²) in [7, 11) is 1.61. The van der Waals surface area contributed by atoms with Gasteiger partial charge in [-0.3, -0.25) is 5.01 Å². The Hall–Kier alpha value is -1.76.